The first kappa shape index (κ1) is 16.2. The van der Waals surface area contributed by atoms with Gasteiger partial charge in [-0.1, -0.05) is 40.9 Å². The highest BCUT2D eigenvalue weighted by Crippen LogP contribution is 2.25. The van der Waals surface area contributed by atoms with Gasteiger partial charge in [0.1, 0.15) is 12.4 Å². The summed E-state index contributed by atoms with van der Waals surface area (Å²) in [5.74, 6) is 0.842. The van der Waals surface area contributed by atoms with Gasteiger partial charge in [-0.25, -0.2) is 0 Å². The number of hydrogen-bond donors (Lipinski definition) is 1. The Hall–Kier alpha value is -1.22. The maximum atomic E-state index is 6.15. The van der Waals surface area contributed by atoms with Crippen molar-refractivity contribution in [1.82, 2.24) is 0 Å². The van der Waals surface area contributed by atoms with Gasteiger partial charge in [-0.3, -0.25) is 0 Å². The minimum atomic E-state index is 0.0870. The summed E-state index contributed by atoms with van der Waals surface area (Å²) in [6.45, 7) is 4.43. The average molecular weight is 324 g/mol. The quantitative estimate of drug-likeness (QED) is 0.860. The van der Waals surface area contributed by atoms with Gasteiger partial charge < -0.3 is 10.5 Å². The molecular weight excluding hydrogens is 305 g/mol. The zero-order chi connectivity index (χ0) is 15.4. The first-order valence-electron chi connectivity index (χ1n) is 6.87. The molecule has 4 heteroatoms. The van der Waals surface area contributed by atoms with Gasteiger partial charge in [-0.05, 0) is 50.1 Å². The predicted molar refractivity (Wildman–Crippen MR) is 89.3 cm³/mol. The van der Waals surface area contributed by atoms with Crippen molar-refractivity contribution in [2.24, 2.45) is 5.73 Å². The van der Waals surface area contributed by atoms with Crippen molar-refractivity contribution >= 4 is 23.2 Å². The van der Waals surface area contributed by atoms with Gasteiger partial charge in [0, 0.05) is 21.7 Å². The van der Waals surface area contributed by atoms with E-state index in [-0.39, 0.29) is 6.04 Å². The lowest BCUT2D eigenvalue weighted by Crippen LogP contribution is -2.18. The molecule has 0 aromatic heterocycles. The van der Waals surface area contributed by atoms with Crippen molar-refractivity contribution < 1.29 is 4.74 Å². The van der Waals surface area contributed by atoms with Gasteiger partial charge in [0.2, 0.25) is 0 Å². The molecule has 1 unspecified atom stereocenters. The lowest BCUT2D eigenvalue weighted by Gasteiger charge is -2.14. The Kier molecular flexibility index (Phi) is 5.51. The Balaban J connectivity index is 2.17. The molecule has 0 bridgehead atoms. The van der Waals surface area contributed by atoms with Crippen molar-refractivity contribution in [2.75, 3.05) is 0 Å². The van der Waals surface area contributed by atoms with Crippen LogP contribution in [0.15, 0.2) is 36.4 Å². The van der Waals surface area contributed by atoms with Crippen LogP contribution in [0.5, 0.6) is 5.75 Å². The summed E-state index contributed by atoms with van der Waals surface area (Å²) in [5.41, 5.74) is 9.08. The third-order valence-corrected chi connectivity index (χ3v) is 3.75. The predicted octanol–water partition coefficient (Wildman–Crippen LogP) is 4.77. The number of nitrogens with two attached hydrogens (primary N) is 1. The van der Waals surface area contributed by atoms with Crippen LogP contribution in [0, 0.1) is 6.92 Å². The normalized spacial score (nSPS) is 12.2. The average Bonchev–Trinajstić information content (AvgIpc) is 2.41. The van der Waals surface area contributed by atoms with Gasteiger partial charge in [0.05, 0.1) is 0 Å². The first-order valence-corrected chi connectivity index (χ1v) is 7.63. The molecule has 0 spiro atoms. The standard InChI is InChI=1S/C17H19Cl2NO/c1-11-3-6-17(13(7-11)8-12(2)20)21-10-14-9-15(18)4-5-16(14)19/h3-7,9,12H,8,10,20H2,1-2H3. The van der Waals surface area contributed by atoms with Crippen molar-refractivity contribution in [3.63, 3.8) is 0 Å². The van der Waals surface area contributed by atoms with Crippen LogP contribution in [0.4, 0.5) is 0 Å². The number of aryl methyl sites for hydroxylation is 1. The van der Waals surface area contributed by atoms with Gasteiger partial charge in [0.25, 0.3) is 0 Å². The van der Waals surface area contributed by atoms with E-state index >= 15 is 0 Å². The molecule has 112 valence electrons. The van der Waals surface area contributed by atoms with Crippen LogP contribution < -0.4 is 10.5 Å². The molecule has 0 aliphatic heterocycles. The van der Waals surface area contributed by atoms with Gasteiger partial charge in [0.15, 0.2) is 0 Å². The lowest BCUT2D eigenvalue weighted by molar-refractivity contribution is 0.302. The van der Waals surface area contributed by atoms with E-state index in [4.69, 9.17) is 33.7 Å². The number of ether oxygens (including phenoxy) is 1. The molecule has 0 saturated carbocycles. The fourth-order valence-corrected chi connectivity index (χ4v) is 2.53. The smallest absolute Gasteiger partial charge is 0.123 e. The SMILES string of the molecule is Cc1ccc(OCc2cc(Cl)ccc2Cl)c(CC(C)N)c1. The maximum absolute atomic E-state index is 6.15. The highest BCUT2D eigenvalue weighted by atomic mass is 35.5. The second-order valence-electron chi connectivity index (χ2n) is 5.32. The van der Waals surface area contributed by atoms with E-state index in [1.54, 1.807) is 12.1 Å². The maximum Gasteiger partial charge on any atom is 0.123 e. The third kappa shape index (κ3) is 4.63. The number of benzene rings is 2. The van der Waals surface area contributed by atoms with E-state index in [2.05, 4.69) is 13.0 Å². The summed E-state index contributed by atoms with van der Waals surface area (Å²) >= 11 is 12.1. The number of hydrogen-bond acceptors (Lipinski definition) is 2. The zero-order valence-corrected chi connectivity index (χ0v) is 13.7. The molecule has 2 aromatic rings. The summed E-state index contributed by atoms with van der Waals surface area (Å²) in [5, 5.41) is 1.30. The monoisotopic (exact) mass is 323 g/mol. The molecule has 0 fully saturated rings. The molecule has 0 heterocycles. The van der Waals surface area contributed by atoms with Crippen LogP contribution in [0.1, 0.15) is 23.6 Å². The lowest BCUT2D eigenvalue weighted by atomic mass is 10.0. The number of halogens is 2. The van der Waals surface area contributed by atoms with E-state index in [9.17, 15) is 0 Å². The van der Waals surface area contributed by atoms with E-state index in [0.717, 1.165) is 23.3 Å². The fraction of sp³-hybridized carbons (Fsp3) is 0.294. The summed E-state index contributed by atoms with van der Waals surface area (Å²) in [7, 11) is 0. The Morgan fingerprint density at radius 2 is 1.86 bits per heavy atom. The van der Waals surface area contributed by atoms with Crippen LogP contribution in [0.25, 0.3) is 0 Å². The topological polar surface area (TPSA) is 35.2 Å². The molecular formula is C17H19Cl2NO. The fourth-order valence-electron chi connectivity index (χ4n) is 2.16. The Morgan fingerprint density at radius 1 is 1.10 bits per heavy atom. The van der Waals surface area contributed by atoms with Crippen LogP contribution in [-0.4, -0.2) is 6.04 Å². The van der Waals surface area contributed by atoms with Gasteiger partial charge in [-0.15, -0.1) is 0 Å². The second-order valence-corrected chi connectivity index (χ2v) is 6.16. The summed E-state index contributed by atoms with van der Waals surface area (Å²) in [6, 6.07) is 11.6. The minimum Gasteiger partial charge on any atom is -0.489 e. The van der Waals surface area contributed by atoms with Crippen molar-refractivity contribution in [3.05, 3.63) is 63.1 Å². The first-order chi connectivity index (χ1) is 9.95. The van der Waals surface area contributed by atoms with E-state index in [1.165, 1.54) is 5.56 Å². The zero-order valence-electron chi connectivity index (χ0n) is 12.2. The van der Waals surface area contributed by atoms with E-state index < -0.39 is 0 Å². The largest absolute Gasteiger partial charge is 0.489 e. The van der Waals surface area contributed by atoms with Crippen LogP contribution in [-0.2, 0) is 13.0 Å². The van der Waals surface area contributed by atoms with Gasteiger partial charge >= 0.3 is 0 Å². The van der Waals surface area contributed by atoms with Crippen molar-refractivity contribution in [1.29, 1.82) is 0 Å². The molecule has 0 amide bonds. The third-order valence-electron chi connectivity index (χ3n) is 3.15. The number of rotatable bonds is 5. The molecule has 2 aromatic carbocycles. The minimum absolute atomic E-state index is 0.0870. The van der Waals surface area contributed by atoms with Crippen molar-refractivity contribution in [3.8, 4) is 5.75 Å². The van der Waals surface area contributed by atoms with Crippen LogP contribution in [0.2, 0.25) is 10.0 Å². The van der Waals surface area contributed by atoms with Crippen molar-refractivity contribution in [2.45, 2.75) is 32.9 Å². The highest BCUT2D eigenvalue weighted by molar-refractivity contribution is 6.33. The molecule has 0 radical (unpaired) electrons. The second kappa shape index (κ2) is 7.17. The van der Waals surface area contributed by atoms with Gasteiger partial charge in [-0.2, -0.15) is 0 Å². The van der Waals surface area contributed by atoms with Crippen LogP contribution in [0.3, 0.4) is 0 Å². The molecule has 0 saturated heterocycles. The molecule has 2 N–H and O–H groups in total. The molecule has 2 rings (SSSR count). The Morgan fingerprint density at radius 3 is 2.57 bits per heavy atom. The molecule has 0 aliphatic rings. The van der Waals surface area contributed by atoms with E-state index in [1.807, 2.05) is 25.1 Å². The molecule has 2 nitrogen and oxygen atoms in total. The Bertz CT molecular complexity index is 626. The highest BCUT2D eigenvalue weighted by Gasteiger charge is 2.08. The summed E-state index contributed by atoms with van der Waals surface area (Å²) in [4.78, 5) is 0. The van der Waals surface area contributed by atoms with E-state index in [0.29, 0.717) is 16.7 Å². The molecule has 0 aliphatic carbocycles. The Labute approximate surface area is 135 Å². The molecule has 1 atom stereocenters. The molecule has 21 heavy (non-hydrogen) atoms. The summed E-state index contributed by atoms with van der Waals surface area (Å²) in [6.07, 6.45) is 0.778. The summed E-state index contributed by atoms with van der Waals surface area (Å²) < 4.78 is 5.92. The van der Waals surface area contributed by atoms with Crippen LogP contribution >= 0.6 is 23.2 Å².